The molecule has 0 radical (unpaired) electrons. The molecule has 4 rings (SSSR count). The van der Waals surface area contributed by atoms with Gasteiger partial charge < -0.3 is 14.8 Å². The van der Waals surface area contributed by atoms with Crippen molar-refractivity contribution in [3.63, 3.8) is 0 Å². The number of hydrogen-bond donors (Lipinski definition) is 1. The van der Waals surface area contributed by atoms with E-state index in [1.165, 1.54) is 70.6 Å². The molecule has 0 unspecified atom stereocenters. The largest absolute Gasteiger partial charge is 0.494 e. The third-order valence-electron chi connectivity index (χ3n) is 9.28. The number of unbranched alkanes of at least 4 members (excludes halogenated alkanes) is 15. The average Bonchev–Trinajstić information content (AvgIpc) is 3.40. The summed E-state index contributed by atoms with van der Waals surface area (Å²) in [6, 6.07) is 15.8. The molecule has 0 heterocycles. The molecule has 0 saturated carbocycles. The molecule has 1 amide bonds. The lowest BCUT2D eigenvalue weighted by Gasteiger charge is -2.10. The van der Waals surface area contributed by atoms with Crippen LogP contribution in [-0.4, -0.2) is 30.9 Å². The normalized spacial score (nSPS) is 11.6. The fourth-order valence-corrected chi connectivity index (χ4v) is 7.02. The van der Waals surface area contributed by atoms with Gasteiger partial charge in [-0.15, -0.1) is 6.58 Å². The van der Waals surface area contributed by atoms with Gasteiger partial charge in [-0.25, -0.2) is 4.79 Å². The minimum atomic E-state index is -0.393. The molecular weight excluding hydrogens is 690 g/mol. The Kier molecular flexibility index (Phi) is 16.8. The van der Waals surface area contributed by atoms with Crippen LogP contribution in [0.4, 0.5) is 5.69 Å². The first-order valence-electron chi connectivity index (χ1n) is 18.8. The van der Waals surface area contributed by atoms with Crippen molar-refractivity contribution in [3.8, 4) is 16.9 Å². The van der Waals surface area contributed by atoms with Crippen LogP contribution in [0.15, 0.2) is 71.7 Å². The molecule has 268 valence electrons. The van der Waals surface area contributed by atoms with Gasteiger partial charge in [-0.3, -0.25) is 9.59 Å². The number of anilines is 1. The van der Waals surface area contributed by atoms with Gasteiger partial charge in [0.05, 0.1) is 18.8 Å². The Hall–Kier alpha value is -3.71. The van der Waals surface area contributed by atoms with Crippen molar-refractivity contribution in [2.75, 3.05) is 18.5 Å². The summed E-state index contributed by atoms with van der Waals surface area (Å²) in [5.74, 6) is -0.0807. The predicted octanol–water partition coefficient (Wildman–Crippen LogP) is 12.3. The van der Waals surface area contributed by atoms with Gasteiger partial charge in [0.1, 0.15) is 5.75 Å². The van der Waals surface area contributed by atoms with Gasteiger partial charge in [0.25, 0.3) is 5.91 Å². The van der Waals surface area contributed by atoms with Gasteiger partial charge in [-0.1, -0.05) is 103 Å². The maximum Gasteiger partial charge on any atom is 0.338 e. The van der Waals surface area contributed by atoms with Crippen molar-refractivity contribution in [1.82, 2.24) is 0 Å². The molecule has 1 aliphatic rings. The number of esters is 1. The van der Waals surface area contributed by atoms with E-state index in [4.69, 9.17) is 9.47 Å². The smallest absolute Gasteiger partial charge is 0.338 e. The number of carbonyl (C=O) groups is 3. The number of nitrogens with one attached hydrogen (secondary N) is 1. The number of ether oxygens (including phenoxy) is 2. The van der Waals surface area contributed by atoms with Gasteiger partial charge in [-0.05, 0) is 101 Å². The van der Waals surface area contributed by atoms with Gasteiger partial charge in [0, 0.05) is 26.9 Å². The number of hydrogen-bond acceptors (Lipinski definition) is 5. The van der Waals surface area contributed by atoms with E-state index in [1.807, 2.05) is 24.3 Å². The fourth-order valence-electron chi connectivity index (χ4n) is 6.38. The molecule has 1 aliphatic carbocycles. The lowest BCUT2D eigenvalue weighted by Crippen LogP contribution is -2.12. The van der Waals surface area contributed by atoms with E-state index in [-0.39, 0.29) is 11.7 Å². The minimum absolute atomic E-state index is 0.155. The Bertz CT molecular complexity index is 1560. The third-order valence-corrected chi connectivity index (χ3v) is 9.91. The molecule has 0 bridgehead atoms. The molecule has 6 nitrogen and oxygen atoms in total. The molecule has 3 aromatic rings. The van der Waals surface area contributed by atoms with E-state index in [9.17, 15) is 14.4 Å². The van der Waals surface area contributed by atoms with E-state index in [0.29, 0.717) is 51.2 Å². The molecule has 0 spiro atoms. The van der Waals surface area contributed by atoms with Gasteiger partial charge in [-0.2, -0.15) is 0 Å². The second kappa shape index (κ2) is 21.5. The molecule has 0 aliphatic heterocycles. The summed E-state index contributed by atoms with van der Waals surface area (Å²) >= 11 is 3.52. The van der Waals surface area contributed by atoms with E-state index in [0.717, 1.165) is 49.8 Å². The Labute approximate surface area is 307 Å². The monoisotopic (exact) mass is 743 g/mol. The maximum atomic E-state index is 13.4. The van der Waals surface area contributed by atoms with Crippen LogP contribution in [0, 0.1) is 0 Å². The number of benzene rings is 3. The number of amides is 1. The first-order chi connectivity index (χ1) is 24.4. The summed E-state index contributed by atoms with van der Waals surface area (Å²) in [6.45, 7) is 7.04. The number of carbonyl (C=O) groups excluding carboxylic acids is 3. The third kappa shape index (κ3) is 12.0. The van der Waals surface area contributed by atoms with Crippen LogP contribution in [0.3, 0.4) is 0 Å². The molecule has 1 N–H and O–H groups in total. The topological polar surface area (TPSA) is 81.7 Å². The summed E-state index contributed by atoms with van der Waals surface area (Å²) in [5.41, 5.74) is 3.82. The lowest BCUT2D eigenvalue weighted by molar-refractivity contribution is 0.0497. The Balaban J connectivity index is 1.23. The van der Waals surface area contributed by atoms with Crippen LogP contribution in [0.2, 0.25) is 0 Å². The number of fused-ring (bicyclic) bond motifs is 3. The van der Waals surface area contributed by atoms with E-state index < -0.39 is 5.97 Å². The molecule has 0 saturated heterocycles. The van der Waals surface area contributed by atoms with Crippen molar-refractivity contribution in [2.24, 2.45) is 0 Å². The first-order valence-corrected chi connectivity index (χ1v) is 19.6. The van der Waals surface area contributed by atoms with Gasteiger partial charge in [0.2, 0.25) is 0 Å². The Morgan fingerprint density at radius 2 is 1.32 bits per heavy atom. The number of rotatable bonds is 24. The van der Waals surface area contributed by atoms with Crippen LogP contribution in [0.5, 0.6) is 5.75 Å². The average molecular weight is 745 g/mol. The highest BCUT2D eigenvalue weighted by atomic mass is 79.9. The van der Waals surface area contributed by atoms with Crippen LogP contribution in [-0.2, 0) is 4.74 Å². The molecule has 50 heavy (non-hydrogen) atoms. The van der Waals surface area contributed by atoms with Crippen molar-refractivity contribution >= 4 is 39.3 Å². The van der Waals surface area contributed by atoms with E-state index in [2.05, 4.69) is 34.7 Å². The van der Waals surface area contributed by atoms with E-state index >= 15 is 0 Å². The van der Waals surface area contributed by atoms with Crippen molar-refractivity contribution in [3.05, 3.63) is 94.0 Å². The zero-order valence-corrected chi connectivity index (χ0v) is 31.4. The predicted molar refractivity (Wildman–Crippen MR) is 208 cm³/mol. The summed E-state index contributed by atoms with van der Waals surface area (Å²) in [6.07, 6.45) is 22.3. The van der Waals surface area contributed by atoms with Crippen LogP contribution >= 0.6 is 15.9 Å². The molecule has 7 heteroatoms. The molecule has 0 fully saturated rings. The molecule has 0 atom stereocenters. The Morgan fingerprint density at radius 3 is 1.98 bits per heavy atom. The standard InChI is InChI=1S/C43H54BrNO5/c1-3-5-7-9-11-13-15-17-19-27-49-35-24-21-32(22-25-35)42(47)45-34-23-26-36-37-29-33(30-39(44)40(37)41(46)38(36)31-34)43(48)50-28-20-18-16-14-12-10-8-6-4-2/h3,21-26,29-31H,1,4-20,27-28H2,2H3,(H,45,47). The van der Waals surface area contributed by atoms with Gasteiger partial charge in [0.15, 0.2) is 5.78 Å². The summed E-state index contributed by atoms with van der Waals surface area (Å²) in [4.78, 5) is 39.4. The van der Waals surface area contributed by atoms with Crippen LogP contribution < -0.4 is 10.1 Å². The summed E-state index contributed by atoms with van der Waals surface area (Å²) < 4.78 is 12.0. The van der Waals surface area contributed by atoms with Crippen molar-refractivity contribution in [1.29, 1.82) is 0 Å². The fraction of sp³-hybridized carbons (Fsp3) is 0.465. The summed E-state index contributed by atoms with van der Waals surface area (Å²) in [7, 11) is 0. The second-order valence-corrected chi connectivity index (χ2v) is 14.2. The molecule has 0 aromatic heterocycles. The number of ketones is 1. The molecular formula is C43H54BrNO5. The number of halogens is 1. The quantitative estimate of drug-likeness (QED) is 0.0439. The maximum absolute atomic E-state index is 13.4. The minimum Gasteiger partial charge on any atom is -0.494 e. The molecule has 3 aromatic carbocycles. The first kappa shape index (κ1) is 39.1. The highest BCUT2D eigenvalue weighted by Gasteiger charge is 2.31. The number of allylic oxidation sites excluding steroid dienone is 1. The Morgan fingerprint density at radius 1 is 0.700 bits per heavy atom. The zero-order valence-electron chi connectivity index (χ0n) is 29.8. The van der Waals surface area contributed by atoms with E-state index in [1.54, 1.807) is 36.4 Å². The van der Waals surface area contributed by atoms with Crippen LogP contribution in [0.1, 0.15) is 153 Å². The summed E-state index contributed by atoms with van der Waals surface area (Å²) in [5, 5.41) is 2.92. The SMILES string of the molecule is C=CCCCCCCCCCOc1ccc(C(=O)Nc2ccc3c(c2)C(=O)c2c(Br)cc(C(=O)OCCCCCCCCCCC)cc2-3)cc1. The highest BCUT2D eigenvalue weighted by molar-refractivity contribution is 9.10. The van der Waals surface area contributed by atoms with Crippen molar-refractivity contribution < 1.29 is 23.9 Å². The zero-order chi connectivity index (χ0) is 35.6. The lowest BCUT2D eigenvalue weighted by atomic mass is 10.0. The van der Waals surface area contributed by atoms with Crippen LogP contribution in [0.25, 0.3) is 11.1 Å². The van der Waals surface area contributed by atoms with Crippen molar-refractivity contribution in [2.45, 2.75) is 116 Å². The highest BCUT2D eigenvalue weighted by Crippen LogP contribution is 2.42. The second-order valence-electron chi connectivity index (χ2n) is 13.3. The van der Waals surface area contributed by atoms with Gasteiger partial charge >= 0.3 is 5.97 Å².